The average molecular weight is 448 g/mol. The van der Waals surface area contributed by atoms with Gasteiger partial charge in [0.15, 0.2) is 0 Å². The molecule has 0 atom stereocenters. The molecule has 142 valence electrons. The molecule has 0 radical (unpaired) electrons. The van der Waals surface area contributed by atoms with E-state index in [0.717, 1.165) is 46.0 Å². The van der Waals surface area contributed by atoms with Gasteiger partial charge in [0.2, 0.25) is 5.91 Å². The highest BCUT2D eigenvalue weighted by Gasteiger charge is 2.20. The number of hydrogen-bond acceptors (Lipinski definition) is 4. The highest BCUT2D eigenvalue weighted by molar-refractivity contribution is 9.10. The Balaban J connectivity index is 1.62. The molecule has 1 fully saturated rings. The number of hydrogen-bond donors (Lipinski definition) is 2. The van der Waals surface area contributed by atoms with Gasteiger partial charge in [-0.05, 0) is 48.9 Å². The number of rotatable bonds is 5. The Kier molecular flexibility index (Phi) is 6.79. The van der Waals surface area contributed by atoms with Crippen molar-refractivity contribution in [2.45, 2.75) is 6.92 Å². The SMILES string of the molecule is Cc1c(NCC(=O)Nc2ccc(Br)cc2)cccc1C(=O)N1CCSCC1. The van der Waals surface area contributed by atoms with Gasteiger partial charge in [-0.15, -0.1) is 0 Å². The minimum absolute atomic E-state index is 0.0655. The lowest BCUT2D eigenvalue weighted by molar-refractivity contribution is -0.114. The van der Waals surface area contributed by atoms with E-state index in [-0.39, 0.29) is 18.4 Å². The van der Waals surface area contributed by atoms with Crippen molar-refractivity contribution in [3.8, 4) is 0 Å². The maximum absolute atomic E-state index is 12.8. The fourth-order valence-corrected chi connectivity index (χ4v) is 4.08. The van der Waals surface area contributed by atoms with Crippen molar-refractivity contribution in [1.82, 2.24) is 4.90 Å². The third-order valence-electron chi connectivity index (χ3n) is 4.43. The van der Waals surface area contributed by atoms with E-state index in [1.807, 2.05) is 66.1 Å². The van der Waals surface area contributed by atoms with E-state index < -0.39 is 0 Å². The summed E-state index contributed by atoms with van der Waals surface area (Å²) >= 11 is 5.25. The summed E-state index contributed by atoms with van der Waals surface area (Å²) in [6.07, 6.45) is 0. The quantitative estimate of drug-likeness (QED) is 0.726. The Morgan fingerprint density at radius 2 is 1.81 bits per heavy atom. The van der Waals surface area contributed by atoms with E-state index >= 15 is 0 Å². The Labute approximate surface area is 172 Å². The fraction of sp³-hybridized carbons (Fsp3) is 0.300. The van der Waals surface area contributed by atoms with Crippen LogP contribution in [0.1, 0.15) is 15.9 Å². The predicted molar refractivity (Wildman–Crippen MR) is 116 cm³/mol. The van der Waals surface area contributed by atoms with Crippen LogP contribution >= 0.6 is 27.7 Å². The Morgan fingerprint density at radius 1 is 1.11 bits per heavy atom. The van der Waals surface area contributed by atoms with E-state index in [9.17, 15) is 9.59 Å². The summed E-state index contributed by atoms with van der Waals surface area (Å²) in [5.41, 5.74) is 3.11. The molecule has 7 heteroatoms. The van der Waals surface area contributed by atoms with E-state index in [2.05, 4.69) is 26.6 Å². The van der Waals surface area contributed by atoms with Crippen LogP contribution in [0.3, 0.4) is 0 Å². The smallest absolute Gasteiger partial charge is 0.254 e. The van der Waals surface area contributed by atoms with Gasteiger partial charge in [-0.1, -0.05) is 22.0 Å². The first-order valence-electron chi connectivity index (χ1n) is 8.80. The lowest BCUT2D eigenvalue weighted by Crippen LogP contribution is -2.38. The number of benzene rings is 2. The molecule has 2 amide bonds. The van der Waals surface area contributed by atoms with Crippen LogP contribution in [0.4, 0.5) is 11.4 Å². The Hall–Kier alpha value is -1.99. The average Bonchev–Trinajstić information content (AvgIpc) is 2.69. The van der Waals surface area contributed by atoms with E-state index in [1.165, 1.54) is 0 Å². The zero-order chi connectivity index (χ0) is 19.2. The van der Waals surface area contributed by atoms with Crippen LogP contribution in [0, 0.1) is 6.92 Å². The molecular formula is C20H22BrN3O2S. The molecule has 0 aliphatic carbocycles. The molecule has 3 rings (SSSR count). The van der Waals surface area contributed by atoms with Gasteiger partial charge in [0.25, 0.3) is 5.91 Å². The molecular weight excluding hydrogens is 426 g/mol. The van der Waals surface area contributed by atoms with Crippen LogP contribution in [-0.2, 0) is 4.79 Å². The first-order chi connectivity index (χ1) is 13.0. The third-order valence-corrected chi connectivity index (χ3v) is 5.90. The van der Waals surface area contributed by atoms with Crippen molar-refractivity contribution < 1.29 is 9.59 Å². The number of nitrogens with one attached hydrogen (secondary N) is 2. The molecule has 1 heterocycles. The van der Waals surface area contributed by atoms with Gasteiger partial charge in [-0.25, -0.2) is 0 Å². The number of thioether (sulfide) groups is 1. The third kappa shape index (κ3) is 5.26. The molecule has 0 spiro atoms. The highest BCUT2D eigenvalue weighted by Crippen LogP contribution is 2.22. The van der Waals surface area contributed by atoms with E-state index in [1.54, 1.807) is 0 Å². The van der Waals surface area contributed by atoms with Crippen LogP contribution < -0.4 is 10.6 Å². The molecule has 1 saturated heterocycles. The molecule has 0 saturated carbocycles. The molecule has 1 aliphatic heterocycles. The number of carbonyl (C=O) groups excluding carboxylic acids is 2. The lowest BCUT2D eigenvalue weighted by atomic mass is 10.1. The first-order valence-corrected chi connectivity index (χ1v) is 10.8. The van der Waals surface area contributed by atoms with Gasteiger partial charge < -0.3 is 15.5 Å². The number of carbonyl (C=O) groups is 2. The maximum atomic E-state index is 12.8. The molecule has 5 nitrogen and oxygen atoms in total. The molecule has 2 N–H and O–H groups in total. The minimum atomic E-state index is -0.137. The molecule has 0 aromatic heterocycles. The van der Waals surface area contributed by atoms with Crippen LogP contribution in [0.5, 0.6) is 0 Å². The first kappa shape index (κ1) is 19.8. The van der Waals surface area contributed by atoms with Crippen LogP contribution in [0.2, 0.25) is 0 Å². The number of anilines is 2. The van der Waals surface area contributed by atoms with Crippen molar-refractivity contribution in [2.75, 3.05) is 41.8 Å². The van der Waals surface area contributed by atoms with Crippen LogP contribution in [0.25, 0.3) is 0 Å². The molecule has 0 bridgehead atoms. The number of halogens is 1. The summed E-state index contributed by atoms with van der Waals surface area (Å²) in [6.45, 7) is 3.63. The number of amides is 2. The van der Waals surface area contributed by atoms with Crippen molar-refractivity contribution in [1.29, 1.82) is 0 Å². The van der Waals surface area contributed by atoms with Gasteiger partial charge in [-0.3, -0.25) is 9.59 Å². The van der Waals surface area contributed by atoms with Gasteiger partial charge in [-0.2, -0.15) is 11.8 Å². The zero-order valence-electron chi connectivity index (χ0n) is 15.1. The van der Waals surface area contributed by atoms with Crippen LogP contribution in [-0.4, -0.2) is 47.9 Å². The standard InChI is InChI=1S/C20H22BrN3O2S/c1-14-17(20(26)24-9-11-27-12-10-24)3-2-4-18(14)22-13-19(25)23-16-7-5-15(21)6-8-16/h2-8,22H,9-13H2,1H3,(H,23,25). The molecule has 1 aliphatic rings. The minimum Gasteiger partial charge on any atom is -0.376 e. The second-order valence-corrected chi connectivity index (χ2v) is 8.43. The van der Waals surface area contributed by atoms with Gasteiger partial charge in [0, 0.05) is 46.0 Å². The summed E-state index contributed by atoms with van der Waals surface area (Å²) in [4.78, 5) is 26.9. The second kappa shape index (κ2) is 9.28. The molecule has 2 aromatic carbocycles. The molecule has 2 aromatic rings. The summed E-state index contributed by atoms with van der Waals surface area (Å²) in [5.74, 6) is 1.90. The maximum Gasteiger partial charge on any atom is 0.254 e. The largest absolute Gasteiger partial charge is 0.376 e. The van der Waals surface area contributed by atoms with E-state index in [4.69, 9.17) is 0 Å². The van der Waals surface area contributed by atoms with Crippen LogP contribution in [0.15, 0.2) is 46.9 Å². The van der Waals surface area contributed by atoms with Crippen molar-refractivity contribution >= 4 is 50.9 Å². The number of nitrogens with zero attached hydrogens (tertiary/aromatic N) is 1. The zero-order valence-corrected chi connectivity index (χ0v) is 17.5. The summed E-state index contributed by atoms with van der Waals surface area (Å²) < 4.78 is 0.961. The Bertz CT molecular complexity index is 820. The van der Waals surface area contributed by atoms with E-state index in [0.29, 0.717) is 5.56 Å². The fourth-order valence-electron chi connectivity index (χ4n) is 2.91. The van der Waals surface area contributed by atoms with Crippen molar-refractivity contribution in [2.24, 2.45) is 0 Å². The summed E-state index contributed by atoms with van der Waals surface area (Å²) in [7, 11) is 0. The summed E-state index contributed by atoms with van der Waals surface area (Å²) in [6, 6.07) is 13.0. The summed E-state index contributed by atoms with van der Waals surface area (Å²) in [5, 5.41) is 5.99. The van der Waals surface area contributed by atoms with Crippen molar-refractivity contribution in [3.05, 3.63) is 58.1 Å². The normalized spacial score (nSPS) is 13.9. The van der Waals surface area contributed by atoms with Gasteiger partial charge >= 0.3 is 0 Å². The molecule has 27 heavy (non-hydrogen) atoms. The lowest BCUT2D eigenvalue weighted by Gasteiger charge is -2.27. The van der Waals surface area contributed by atoms with Gasteiger partial charge in [0.1, 0.15) is 0 Å². The van der Waals surface area contributed by atoms with Crippen molar-refractivity contribution in [3.63, 3.8) is 0 Å². The second-order valence-electron chi connectivity index (χ2n) is 6.29. The monoisotopic (exact) mass is 447 g/mol. The highest BCUT2D eigenvalue weighted by atomic mass is 79.9. The van der Waals surface area contributed by atoms with Gasteiger partial charge in [0.05, 0.1) is 6.54 Å². The predicted octanol–water partition coefficient (Wildman–Crippen LogP) is 4.00. The Morgan fingerprint density at radius 3 is 2.52 bits per heavy atom. The topological polar surface area (TPSA) is 61.4 Å². The molecule has 0 unspecified atom stereocenters.